The molecule has 0 saturated carbocycles. The summed E-state index contributed by atoms with van der Waals surface area (Å²) in [5.41, 5.74) is 2.82. The van der Waals surface area contributed by atoms with Gasteiger partial charge in [-0.3, -0.25) is 9.48 Å². The van der Waals surface area contributed by atoms with Crippen molar-refractivity contribution in [1.82, 2.24) is 14.7 Å². The van der Waals surface area contributed by atoms with Crippen molar-refractivity contribution < 1.29 is 13.9 Å². The molecule has 1 heterocycles. The Morgan fingerprint density at radius 3 is 2.65 bits per heavy atom. The maximum absolute atomic E-state index is 13.4. The molecule has 0 N–H and O–H groups in total. The molecular formula is C17H22FN3O2. The summed E-state index contributed by atoms with van der Waals surface area (Å²) in [7, 11) is 3.58. The van der Waals surface area contributed by atoms with Gasteiger partial charge >= 0.3 is 0 Å². The fraction of sp³-hybridized carbons (Fsp3) is 0.412. The predicted molar refractivity (Wildman–Crippen MR) is 85.9 cm³/mol. The second-order valence-electron chi connectivity index (χ2n) is 5.54. The summed E-state index contributed by atoms with van der Waals surface area (Å²) < 4.78 is 20.6. The van der Waals surface area contributed by atoms with Crippen molar-refractivity contribution in [3.63, 3.8) is 0 Å². The van der Waals surface area contributed by atoms with E-state index in [4.69, 9.17) is 4.74 Å². The number of carbonyl (C=O) groups is 1. The van der Waals surface area contributed by atoms with Gasteiger partial charge in [-0.2, -0.15) is 5.10 Å². The van der Waals surface area contributed by atoms with Gasteiger partial charge in [0.1, 0.15) is 6.61 Å². The van der Waals surface area contributed by atoms with Gasteiger partial charge in [-0.15, -0.1) is 0 Å². The highest BCUT2D eigenvalue weighted by Crippen LogP contribution is 2.16. The van der Waals surface area contributed by atoms with E-state index in [1.165, 1.54) is 6.07 Å². The predicted octanol–water partition coefficient (Wildman–Crippen LogP) is 2.26. The third-order valence-corrected chi connectivity index (χ3v) is 3.93. The summed E-state index contributed by atoms with van der Waals surface area (Å²) in [5.74, 6) is -0.211. The van der Waals surface area contributed by atoms with Crippen LogP contribution in [0.15, 0.2) is 24.3 Å². The van der Waals surface area contributed by atoms with Crippen LogP contribution in [0.1, 0.15) is 17.0 Å². The van der Waals surface area contributed by atoms with Crippen LogP contribution in [0.4, 0.5) is 4.39 Å². The SMILES string of the molecule is Cc1nn(C)c(C)c1CC(=O)N(C)CCOc1ccccc1F. The molecular weight excluding hydrogens is 297 g/mol. The summed E-state index contributed by atoms with van der Waals surface area (Å²) in [4.78, 5) is 13.9. The van der Waals surface area contributed by atoms with Gasteiger partial charge in [0, 0.05) is 25.4 Å². The van der Waals surface area contributed by atoms with Crippen molar-refractivity contribution in [2.45, 2.75) is 20.3 Å². The van der Waals surface area contributed by atoms with Gasteiger partial charge in [0.15, 0.2) is 11.6 Å². The van der Waals surface area contributed by atoms with E-state index in [1.807, 2.05) is 20.9 Å². The molecule has 0 radical (unpaired) electrons. The number of amides is 1. The van der Waals surface area contributed by atoms with Gasteiger partial charge in [-0.1, -0.05) is 12.1 Å². The number of benzene rings is 1. The van der Waals surface area contributed by atoms with Crippen LogP contribution < -0.4 is 4.74 Å². The van der Waals surface area contributed by atoms with Gasteiger partial charge in [0.25, 0.3) is 0 Å². The summed E-state index contributed by atoms with van der Waals surface area (Å²) in [5, 5.41) is 4.31. The minimum Gasteiger partial charge on any atom is -0.489 e. The van der Waals surface area contributed by atoms with Gasteiger partial charge in [-0.25, -0.2) is 4.39 Å². The Bertz CT molecular complexity index is 697. The minimum absolute atomic E-state index is 0.0127. The molecule has 5 nitrogen and oxygen atoms in total. The molecule has 0 aliphatic heterocycles. The van der Waals surface area contributed by atoms with Gasteiger partial charge in [0.05, 0.1) is 18.7 Å². The smallest absolute Gasteiger partial charge is 0.226 e. The second kappa shape index (κ2) is 7.26. The molecule has 0 saturated heterocycles. The van der Waals surface area contributed by atoms with Crippen LogP contribution in [0.25, 0.3) is 0 Å². The molecule has 6 heteroatoms. The summed E-state index contributed by atoms with van der Waals surface area (Å²) in [6.45, 7) is 4.49. The Morgan fingerprint density at radius 1 is 1.35 bits per heavy atom. The average molecular weight is 319 g/mol. The van der Waals surface area contributed by atoms with Crippen LogP contribution in [0.3, 0.4) is 0 Å². The van der Waals surface area contributed by atoms with Crippen LogP contribution in [0, 0.1) is 19.7 Å². The lowest BCUT2D eigenvalue weighted by molar-refractivity contribution is -0.129. The van der Waals surface area contributed by atoms with Crippen LogP contribution >= 0.6 is 0 Å². The van der Waals surface area contributed by atoms with Crippen molar-refractivity contribution in [1.29, 1.82) is 0 Å². The van der Waals surface area contributed by atoms with E-state index in [0.29, 0.717) is 13.0 Å². The lowest BCUT2D eigenvalue weighted by Crippen LogP contribution is -2.32. The number of hydrogen-bond donors (Lipinski definition) is 0. The van der Waals surface area contributed by atoms with Crippen molar-refractivity contribution in [2.75, 3.05) is 20.2 Å². The number of likely N-dealkylation sites (N-methyl/N-ethyl adjacent to an activating group) is 1. The molecule has 1 amide bonds. The Kier molecular flexibility index (Phi) is 5.36. The summed E-state index contributed by atoms with van der Waals surface area (Å²) >= 11 is 0. The molecule has 1 aromatic heterocycles. The summed E-state index contributed by atoms with van der Waals surface area (Å²) in [6.07, 6.45) is 0.307. The molecule has 124 valence electrons. The zero-order chi connectivity index (χ0) is 17.0. The Balaban J connectivity index is 1.87. The molecule has 2 rings (SSSR count). The molecule has 0 fully saturated rings. The minimum atomic E-state index is -0.400. The third kappa shape index (κ3) is 4.09. The Morgan fingerprint density at radius 2 is 2.04 bits per heavy atom. The highest BCUT2D eigenvalue weighted by Gasteiger charge is 2.16. The molecule has 0 bridgehead atoms. The van der Waals surface area contributed by atoms with Gasteiger partial charge in [-0.05, 0) is 26.0 Å². The fourth-order valence-electron chi connectivity index (χ4n) is 2.34. The standard InChI is InChI=1S/C17H22FN3O2/c1-12-14(13(2)21(4)19-12)11-17(22)20(3)9-10-23-16-8-6-5-7-15(16)18/h5-8H,9-11H2,1-4H3. The number of halogens is 1. The number of aromatic nitrogens is 2. The van der Waals surface area contributed by atoms with Crippen molar-refractivity contribution in [3.8, 4) is 5.75 Å². The Labute approximate surface area is 135 Å². The second-order valence-corrected chi connectivity index (χ2v) is 5.54. The van der Waals surface area contributed by atoms with E-state index < -0.39 is 5.82 Å². The first-order chi connectivity index (χ1) is 10.9. The number of rotatable bonds is 6. The van der Waals surface area contributed by atoms with Crippen LogP contribution in [-0.4, -0.2) is 40.8 Å². The first kappa shape index (κ1) is 17.0. The number of hydrogen-bond acceptors (Lipinski definition) is 3. The molecule has 0 unspecified atom stereocenters. The number of ether oxygens (including phenoxy) is 1. The molecule has 0 aliphatic rings. The maximum Gasteiger partial charge on any atom is 0.226 e. The topological polar surface area (TPSA) is 47.4 Å². The molecule has 2 aromatic rings. The zero-order valence-corrected chi connectivity index (χ0v) is 14.0. The number of para-hydroxylation sites is 1. The lowest BCUT2D eigenvalue weighted by Gasteiger charge is -2.18. The van der Waals surface area contributed by atoms with Gasteiger partial charge in [0.2, 0.25) is 5.91 Å². The van der Waals surface area contributed by atoms with Crippen molar-refractivity contribution >= 4 is 5.91 Å². The molecule has 23 heavy (non-hydrogen) atoms. The van der Waals surface area contributed by atoms with Crippen molar-refractivity contribution in [3.05, 3.63) is 47.0 Å². The van der Waals surface area contributed by atoms with E-state index in [1.54, 1.807) is 34.8 Å². The number of nitrogens with zero attached hydrogens (tertiary/aromatic N) is 3. The van der Waals surface area contributed by atoms with Crippen LogP contribution in [-0.2, 0) is 18.3 Å². The maximum atomic E-state index is 13.4. The zero-order valence-electron chi connectivity index (χ0n) is 14.0. The van der Waals surface area contributed by atoms with Gasteiger partial charge < -0.3 is 9.64 Å². The number of aryl methyl sites for hydroxylation is 2. The van der Waals surface area contributed by atoms with E-state index >= 15 is 0 Å². The molecule has 0 spiro atoms. The van der Waals surface area contributed by atoms with Crippen molar-refractivity contribution in [2.24, 2.45) is 7.05 Å². The highest BCUT2D eigenvalue weighted by molar-refractivity contribution is 5.79. The van der Waals surface area contributed by atoms with Crippen LogP contribution in [0.2, 0.25) is 0 Å². The van der Waals surface area contributed by atoms with E-state index in [9.17, 15) is 9.18 Å². The van der Waals surface area contributed by atoms with E-state index in [2.05, 4.69) is 5.10 Å². The first-order valence-corrected chi connectivity index (χ1v) is 7.50. The molecule has 1 aromatic carbocycles. The quantitative estimate of drug-likeness (QED) is 0.820. The van der Waals surface area contributed by atoms with E-state index in [0.717, 1.165) is 17.0 Å². The molecule has 0 atom stereocenters. The normalized spacial score (nSPS) is 10.7. The Hall–Kier alpha value is -2.37. The number of carbonyl (C=O) groups excluding carboxylic acids is 1. The largest absolute Gasteiger partial charge is 0.489 e. The average Bonchev–Trinajstić information content (AvgIpc) is 2.75. The highest BCUT2D eigenvalue weighted by atomic mass is 19.1. The first-order valence-electron chi connectivity index (χ1n) is 7.50. The fourth-order valence-corrected chi connectivity index (χ4v) is 2.34. The third-order valence-electron chi connectivity index (χ3n) is 3.93. The van der Waals surface area contributed by atoms with Crippen LogP contribution in [0.5, 0.6) is 5.75 Å². The summed E-state index contributed by atoms with van der Waals surface area (Å²) in [6, 6.07) is 6.23. The lowest BCUT2D eigenvalue weighted by atomic mass is 10.1. The van der Waals surface area contributed by atoms with E-state index in [-0.39, 0.29) is 18.3 Å². The monoisotopic (exact) mass is 319 g/mol. The molecule has 0 aliphatic carbocycles.